The number of likely N-dealkylation sites (N-methyl/N-ethyl adjacent to an activating group) is 1. The molecule has 2 aliphatic heterocycles. The van der Waals surface area contributed by atoms with Crippen LogP contribution in [0.2, 0.25) is 0 Å². The van der Waals surface area contributed by atoms with Gasteiger partial charge >= 0.3 is 0 Å². The Bertz CT molecular complexity index is 512. The van der Waals surface area contributed by atoms with Gasteiger partial charge in [-0.2, -0.15) is 0 Å². The lowest BCUT2D eigenvalue weighted by Crippen LogP contribution is -2.67. The Balaban J connectivity index is 1.53. The van der Waals surface area contributed by atoms with Crippen molar-refractivity contribution >= 4 is 0 Å². The minimum atomic E-state index is 0.173. The first kappa shape index (κ1) is 13.9. The molecule has 0 bridgehead atoms. The average molecular weight is 284 g/mol. The first-order valence-electron chi connectivity index (χ1n) is 8.69. The van der Waals surface area contributed by atoms with Gasteiger partial charge in [0.1, 0.15) is 0 Å². The van der Waals surface area contributed by atoms with E-state index in [1.54, 1.807) is 0 Å². The Morgan fingerprint density at radius 2 is 2.10 bits per heavy atom. The van der Waals surface area contributed by atoms with Crippen molar-refractivity contribution in [3.63, 3.8) is 0 Å². The highest BCUT2D eigenvalue weighted by Gasteiger charge is 2.80. The van der Waals surface area contributed by atoms with E-state index < -0.39 is 0 Å². The summed E-state index contributed by atoms with van der Waals surface area (Å²) in [6, 6.07) is 0.822. The smallest absolute Gasteiger partial charge is 0.0896 e. The molecule has 2 saturated carbocycles. The normalized spacial score (nSPS) is 47.9. The highest BCUT2D eigenvalue weighted by Crippen LogP contribution is 2.77. The first-order valence-corrected chi connectivity index (χ1v) is 8.69. The van der Waals surface area contributed by atoms with Gasteiger partial charge in [0, 0.05) is 30.1 Å². The van der Waals surface area contributed by atoms with Gasteiger partial charge in [-0.25, -0.2) is 0 Å². The summed E-state index contributed by atoms with van der Waals surface area (Å²) in [5.41, 5.74) is 1.32. The fraction of sp³-hybridized carbons (Fsp3) is 0.789. The van der Waals surface area contributed by atoms with E-state index in [1.165, 1.54) is 32.2 Å². The van der Waals surface area contributed by atoms with Crippen molar-refractivity contribution in [1.29, 1.82) is 0 Å². The molecule has 1 saturated heterocycles. The van der Waals surface area contributed by atoms with E-state index in [-0.39, 0.29) is 6.04 Å². The monoisotopic (exact) mass is 284 g/mol. The number of rotatable bonds is 2. The van der Waals surface area contributed by atoms with E-state index in [0.717, 1.165) is 17.9 Å². The first-order chi connectivity index (χ1) is 10.1. The third kappa shape index (κ3) is 1.68. The van der Waals surface area contributed by atoms with E-state index >= 15 is 0 Å². The number of nitrogens with zero attached hydrogens (tertiary/aromatic N) is 2. The molecule has 0 aromatic carbocycles. The van der Waals surface area contributed by atoms with Crippen molar-refractivity contribution in [2.24, 2.45) is 17.3 Å². The standard InChI is InChI=1S/C19H28N2/c1-5-15-11-18(15)13-21(19(18)9-10-19)17-12-20(4)16(6-2)8-7-14(17)3/h2,7-8,14-17H,5,9-13H2,1,3-4H3/t14-,15?,16+,17-,18?/m0/s1. The van der Waals surface area contributed by atoms with Gasteiger partial charge in [-0.05, 0) is 38.1 Å². The van der Waals surface area contributed by atoms with E-state index in [2.05, 4.69) is 48.8 Å². The van der Waals surface area contributed by atoms with E-state index in [9.17, 15) is 0 Å². The third-order valence-corrected chi connectivity index (χ3v) is 7.10. The summed E-state index contributed by atoms with van der Waals surface area (Å²) in [5.74, 6) is 4.54. The van der Waals surface area contributed by atoms with Crippen LogP contribution in [0.1, 0.15) is 39.5 Å². The fourth-order valence-corrected chi connectivity index (χ4v) is 5.51. The molecule has 2 nitrogen and oxygen atoms in total. The van der Waals surface area contributed by atoms with Crippen LogP contribution in [0, 0.1) is 29.6 Å². The Morgan fingerprint density at radius 1 is 1.33 bits per heavy atom. The molecule has 0 amide bonds. The second kappa shape index (κ2) is 4.37. The zero-order valence-electron chi connectivity index (χ0n) is 13.7. The van der Waals surface area contributed by atoms with Gasteiger partial charge < -0.3 is 0 Å². The second-order valence-electron chi connectivity index (χ2n) is 7.99. The van der Waals surface area contributed by atoms with E-state index in [4.69, 9.17) is 6.42 Å². The topological polar surface area (TPSA) is 6.48 Å². The van der Waals surface area contributed by atoms with Crippen molar-refractivity contribution < 1.29 is 0 Å². The summed E-state index contributed by atoms with van der Waals surface area (Å²) in [6.07, 6.45) is 16.0. The van der Waals surface area contributed by atoms with Crippen LogP contribution in [0.3, 0.4) is 0 Å². The molecule has 2 heterocycles. The van der Waals surface area contributed by atoms with Gasteiger partial charge in [0.2, 0.25) is 0 Å². The predicted molar refractivity (Wildman–Crippen MR) is 86.8 cm³/mol. The fourth-order valence-electron chi connectivity index (χ4n) is 5.51. The highest BCUT2D eigenvalue weighted by atomic mass is 15.4. The Kier molecular flexibility index (Phi) is 2.88. The zero-order valence-corrected chi connectivity index (χ0v) is 13.7. The molecule has 2 heteroatoms. The molecule has 21 heavy (non-hydrogen) atoms. The van der Waals surface area contributed by atoms with Gasteiger partial charge in [-0.1, -0.05) is 38.3 Å². The summed E-state index contributed by atoms with van der Waals surface area (Å²) in [6.45, 7) is 7.21. The molecule has 2 aliphatic carbocycles. The number of fused-ring (bicyclic) bond motifs is 1. The van der Waals surface area contributed by atoms with Crippen molar-refractivity contribution in [2.45, 2.75) is 57.2 Å². The van der Waals surface area contributed by atoms with Crippen LogP contribution in [-0.2, 0) is 0 Å². The van der Waals surface area contributed by atoms with Crippen LogP contribution in [0.4, 0.5) is 0 Å². The second-order valence-corrected chi connectivity index (χ2v) is 7.99. The summed E-state index contributed by atoms with van der Waals surface area (Å²) in [5, 5.41) is 0. The minimum Gasteiger partial charge on any atom is -0.292 e. The van der Waals surface area contributed by atoms with Gasteiger partial charge in [0.25, 0.3) is 0 Å². The lowest BCUT2D eigenvalue weighted by molar-refractivity contribution is -0.0847. The average Bonchev–Trinajstić information content (AvgIpc) is 3.35. The number of hydrogen-bond acceptors (Lipinski definition) is 2. The van der Waals surface area contributed by atoms with Crippen molar-refractivity contribution in [1.82, 2.24) is 9.80 Å². The van der Waals surface area contributed by atoms with Crippen LogP contribution in [0.5, 0.6) is 0 Å². The molecule has 0 aromatic rings. The Morgan fingerprint density at radius 3 is 2.67 bits per heavy atom. The van der Waals surface area contributed by atoms with Gasteiger partial charge in [-0.3, -0.25) is 9.80 Å². The SMILES string of the molecule is C#C[C@@H]1C=C[C@H](C)[C@@H](N2CC3(CC3CC)C23CC3)CN1C. The predicted octanol–water partition coefficient (Wildman–Crippen LogP) is 2.76. The highest BCUT2D eigenvalue weighted by molar-refractivity contribution is 5.34. The molecule has 0 aromatic heterocycles. The molecule has 0 radical (unpaired) electrons. The third-order valence-electron chi connectivity index (χ3n) is 7.10. The minimum absolute atomic E-state index is 0.173. The largest absolute Gasteiger partial charge is 0.292 e. The van der Waals surface area contributed by atoms with Crippen molar-refractivity contribution in [3.05, 3.63) is 12.2 Å². The molecule has 114 valence electrons. The molecule has 4 aliphatic rings. The van der Waals surface area contributed by atoms with E-state index in [1.807, 2.05) is 0 Å². The number of hydrogen-bond donors (Lipinski definition) is 0. The van der Waals surface area contributed by atoms with Gasteiger partial charge in [0.05, 0.1) is 6.04 Å². The van der Waals surface area contributed by atoms with Crippen LogP contribution < -0.4 is 0 Å². The van der Waals surface area contributed by atoms with E-state index in [0.29, 0.717) is 17.5 Å². The molecule has 2 unspecified atom stereocenters. The zero-order chi connectivity index (χ0) is 14.8. The quantitative estimate of drug-likeness (QED) is 0.568. The Hall–Kier alpha value is -0.780. The maximum atomic E-state index is 5.68. The van der Waals surface area contributed by atoms with Gasteiger partial charge in [0.15, 0.2) is 0 Å². The molecule has 3 fully saturated rings. The maximum absolute atomic E-state index is 5.68. The summed E-state index contributed by atoms with van der Waals surface area (Å²) in [4.78, 5) is 5.23. The molecule has 4 rings (SSSR count). The van der Waals surface area contributed by atoms with Crippen LogP contribution in [0.15, 0.2) is 12.2 Å². The molecular weight excluding hydrogens is 256 g/mol. The number of likely N-dealkylation sites (tertiary alicyclic amines) is 1. The van der Waals surface area contributed by atoms with Crippen LogP contribution in [0.25, 0.3) is 0 Å². The van der Waals surface area contributed by atoms with Gasteiger partial charge in [-0.15, -0.1) is 6.42 Å². The molecule has 0 N–H and O–H groups in total. The molecule has 5 atom stereocenters. The lowest BCUT2D eigenvalue weighted by atomic mass is 9.76. The lowest BCUT2D eigenvalue weighted by Gasteiger charge is -2.56. The van der Waals surface area contributed by atoms with Crippen molar-refractivity contribution in [3.8, 4) is 12.3 Å². The number of terminal acetylenes is 1. The molecular formula is C19H28N2. The summed E-state index contributed by atoms with van der Waals surface area (Å²) < 4.78 is 0. The maximum Gasteiger partial charge on any atom is 0.0896 e. The summed E-state index contributed by atoms with van der Waals surface area (Å²) >= 11 is 0. The van der Waals surface area contributed by atoms with Crippen molar-refractivity contribution in [2.75, 3.05) is 20.1 Å². The molecule has 2 spiro atoms. The Labute approximate surface area is 129 Å². The van der Waals surface area contributed by atoms with Crippen LogP contribution in [-0.4, -0.2) is 47.6 Å². The van der Waals surface area contributed by atoms with Crippen LogP contribution >= 0.6 is 0 Å². The summed E-state index contributed by atoms with van der Waals surface area (Å²) in [7, 11) is 2.18.